The highest BCUT2D eigenvalue weighted by Gasteiger charge is 2.27. The maximum absolute atomic E-state index is 13.5. The summed E-state index contributed by atoms with van der Waals surface area (Å²) in [4.78, 5) is 31.6. The topological polar surface area (TPSA) is 77.5 Å². The fraction of sp³-hybridized carbons (Fsp3) is 0.179. The van der Waals surface area contributed by atoms with Crippen LogP contribution in [0.5, 0.6) is 5.75 Å². The largest absolute Gasteiger partial charge is 0.497 e. The Morgan fingerprint density at radius 2 is 1.57 bits per heavy atom. The number of rotatable bonds is 9. The minimum absolute atomic E-state index is 0.228. The molecule has 178 valence electrons. The number of esters is 1. The van der Waals surface area contributed by atoms with Gasteiger partial charge < -0.3 is 14.8 Å². The summed E-state index contributed by atoms with van der Waals surface area (Å²) in [5.41, 5.74) is 2.94. The summed E-state index contributed by atoms with van der Waals surface area (Å²) in [6.45, 7) is 1.97. The fourth-order valence-electron chi connectivity index (χ4n) is 3.63. The summed E-state index contributed by atoms with van der Waals surface area (Å²) < 4.78 is 10.5. The Morgan fingerprint density at radius 1 is 0.914 bits per heavy atom. The smallest absolute Gasteiger partial charge is 0.328 e. The molecule has 0 unspecified atom stereocenters. The Kier molecular flexibility index (Phi) is 7.90. The van der Waals surface area contributed by atoms with E-state index in [1.54, 1.807) is 14.0 Å². The van der Waals surface area contributed by atoms with Gasteiger partial charge in [0.25, 0.3) is 5.91 Å². The first-order chi connectivity index (χ1) is 17.1. The molecule has 6 nitrogen and oxygen atoms in total. The van der Waals surface area contributed by atoms with E-state index in [0.29, 0.717) is 11.3 Å². The summed E-state index contributed by atoms with van der Waals surface area (Å²) in [5.74, 6) is -0.185. The second-order valence-corrected chi connectivity index (χ2v) is 8.76. The summed E-state index contributed by atoms with van der Waals surface area (Å²) in [7, 11) is 1.61. The molecule has 1 N–H and O–H groups in total. The third-order valence-corrected chi connectivity index (χ3v) is 6.53. The highest BCUT2D eigenvalue weighted by atomic mass is 32.1. The van der Waals surface area contributed by atoms with Crippen LogP contribution in [0.2, 0.25) is 0 Å². The summed E-state index contributed by atoms with van der Waals surface area (Å²) in [5, 5.41) is 3.59. The monoisotopic (exact) mass is 486 g/mol. The normalized spacial score (nSPS) is 11.5. The van der Waals surface area contributed by atoms with E-state index in [1.165, 1.54) is 11.3 Å². The second kappa shape index (κ2) is 11.4. The highest BCUT2D eigenvalue weighted by Crippen LogP contribution is 2.36. The van der Waals surface area contributed by atoms with Crippen molar-refractivity contribution in [2.24, 2.45) is 0 Å². The van der Waals surface area contributed by atoms with Gasteiger partial charge in [-0.25, -0.2) is 9.78 Å². The lowest BCUT2D eigenvalue weighted by Crippen LogP contribution is -2.43. The van der Waals surface area contributed by atoms with Crippen molar-refractivity contribution >= 4 is 23.2 Å². The third kappa shape index (κ3) is 5.94. The highest BCUT2D eigenvalue weighted by molar-refractivity contribution is 7.18. The van der Waals surface area contributed by atoms with Gasteiger partial charge >= 0.3 is 5.97 Å². The van der Waals surface area contributed by atoms with Crippen LogP contribution in [0.4, 0.5) is 0 Å². The number of ether oxygens (including phenoxy) is 2. The van der Waals surface area contributed by atoms with Gasteiger partial charge in [0.1, 0.15) is 22.5 Å². The summed E-state index contributed by atoms with van der Waals surface area (Å²) >= 11 is 1.43. The number of hydrogen-bond acceptors (Lipinski definition) is 6. The van der Waals surface area contributed by atoms with Gasteiger partial charge in [0, 0.05) is 12.0 Å². The Balaban J connectivity index is 1.69. The van der Waals surface area contributed by atoms with Crippen molar-refractivity contribution < 1.29 is 19.1 Å². The van der Waals surface area contributed by atoms with Crippen LogP contribution >= 0.6 is 11.3 Å². The SMILES string of the molecule is CCOC(=O)[C@H](Cc1ccccc1)NC(=O)c1nc(-c2ccccc2)sc1-c1ccc(OC)cc1. The van der Waals surface area contributed by atoms with Gasteiger partial charge in [0.2, 0.25) is 0 Å². The van der Waals surface area contributed by atoms with Crippen molar-refractivity contribution in [3.8, 4) is 26.8 Å². The van der Waals surface area contributed by atoms with Gasteiger partial charge in [0.15, 0.2) is 0 Å². The molecule has 3 aromatic carbocycles. The number of carbonyl (C=O) groups excluding carboxylic acids is 2. The fourth-order valence-corrected chi connectivity index (χ4v) is 4.70. The van der Waals surface area contributed by atoms with Crippen LogP contribution in [0.15, 0.2) is 84.9 Å². The number of hydrogen-bond donors (Lipinski definition) is 1. The zero-order chi connectivity index (χ0) is 24.6. The molecule has 0 saturated carbocycles. The number of nitrogens with one attached hydrogen (secondary N) is 1. The number of nitrogens with zero attached hydrogens (tertiary/aromatic N) is 1. The quantitative estimate of drug-likeness (QED) is 0.321. The van der Waals surface area contributed by atoms with Crippen LogP contribution in [-0.4, -0.2) is 36.6 Å². The first-order valence-corrected chi connectivity index (χ1v) is 12.1. The molecular formula is C28H26N2O4S. The average Bonchev–Trinajstić information content (AvgIpc) is 3.35. The molecule has 0 fully saturated rings. The van der Waals surface area contributed by atoms with Crippen molar-refractivity contribution in [2.75, 3.05) is 13.7 Å². The number of methoxy groups -OCH3 is 1. The van der Waals surface area contributed by atoms with E-state index in [9.17, 15) is 9.59 Å². The van der Waals surface area contributed by atoms with E-state index in [1.807, 2.05) is 84.9 Å². The molecule has 7 heteroatoms. The van der Waals surface area contributed by atoms with E-state index in [-0.39, 0.29) is 12.3 Å². The minimum Gasteiger partial charge on any atom is -0.497 e. The van der Waals surface area contributed by atoms with Crippen LogP contribution in [0.1, 0.15) is 23.0 Å². The Labute approximate surface area is 208 Å². The van der Waals surface area contributed by atoms with Gasteiger partial charge in [-0.15, -0.1) is 11.3 Å². The lowest BCUT2D eigenvalue weighted by molar-refractivity contribution is -0.145. The van der Waals surface area contributed by atoms with Crippen molar-refractivity contribution in [1.29, 1.82) is 0 Å². The summed E-state index contributed by atoms with van der Waals surface area (Å²) in [6, 6.07) is 25.9. The lowest BCUT2D eigenvalue weighted by atomic mass is 10.1. The molecule has 4 rings (SSSR count). The van der Waals surface area contributed by atoms with Crippen LogP contribution < -0.4 is 10.1 Å². The van der Waals surface area contributed by atoms with Gasteiger partial charge in [-0.1, -0.05) is 60.7 Å². The predicted octanol–water partition coefficient (Wildman–Crippen LogP) is 5.39. The molecule has 0 aliphatic rings. The van der Waals surface area contributed by atoms with Gasteiger partial charge in [0.05, 0.1) is 18.6 Å². The number of aromatic nitrogens is 1. The first kappa shape index (κ1) is 24.2. The second-order valence-electron chi connectivity index (χ2n) is 7.76. The Hall–Kier alpha value is -3.97. The average molecular weight is 487 g/mol. The van der Waals surface area contributed by atoms with E-state index >= 15 is 0 Å². The predicted molar refractivity (Wildman–Crippen MR) is 138 cm³/mol. The van der Waals surface area contributed by atoms with Gasteiger partial charge in [-0.05, 0) is 42.3 Å². The molecule has 0 saturated heterocycles. The van der Waals surface area contributed by atoms with Crippen LogP contribution in [0, 0.1) is 0 Å². The van der Waals surface area contributed by atoms with Crippen molar-refractivity contribution in [1.82, 2.24) is 10.3 Å². The molecule has 0 spiro atoms. The zero-order valence-corrected chi connectivity index (χ0v) is 20.4. The van der Waals surface area contributed by atoms with E-state index in [0.717, 1.165) is 27.4 Å². The van der Waals surface area contributed by atoms with Crippen LogP contribution in [0.25, 0.3) is 21.0 Å². The Morgan fingerprint density at radius 3 is 2.20 bits per heavy atom. The van der Waals surface area contributed by atoms with E-state index < -0.39 is 17.9 Å². The number of amides is 1. The summed E-state index contributed by atoms with van der Waals surface area (Å²) in [6.07, 6.45) is 0.318. The zero-order valence-electron chi connectivity index (χ0n) is 19.6. The van der Waals surface area contributed by atoms with E-state index in [4.69, 9.17) is 9.47 Å². The van der Waals surface area contributed by atoms with Crippen LogP contribution in [-0.2, 0) is 16.0 Å². The molecule has 0 bridgehead atoms. The molecule has 1 aromatic heterocycles. The molecule has 0 aliphatic carbocycles. The third-order valence-electron chi connectivity index (χ3n) is 5.37. The molecule has 1 atom stereocenters. The maximum atomic E-state index is 13.5. The number of carbonyl (C=O) groups is 2. The molecular weight excluding hydrogens is 460 g/mol. The number of thiazole rings is 1. The molecule has 4 aromatic rings. The molecule has 1 heterocycles. The van der Waals surface area contributed by atoms with Crippen LogP contribution in [0.3, 0.4) is 0 Å². The lowest BCUT2D eigenvalue weighted by Gasteiger charge is -2.17. The molecule has 35 heavy (non-hydrogen) atoms. The maximum Gasteiger partial charge on any atom is 0.328 e. The minimum atomic E-state index is -0.838. The van der Waals surface area contributed by atoms with Gasteiger partial charge in [-0.3, -0.25) is 4.79 Å². The Bertz CT molecular complexity index is 1270. The molecule has 1 amide bonds. The van der Waals surface area contributed by atoms with E-state index in [2.05, 4.69) is 10.3 Å². The molecule has 0 radical (unpaired) electrons. The first-order valence-electron chi connectivity index (χ1n) is 11.3. The standard InChI is InChI=1S/C28H26N2O4S/c1-3-34-28(32)23(18-19-10-6-4-7-11-19)29-26(31)24-25(20-14-16-22(33-2)17-15-20)35-27(30-24)21-12-8-5-9-13-21/h4-17,23H,3,18H2,1-2H3,(H,29,31)/t23-/m0/s1. The van der Waals surface area contributed by atoms with Crippen molar-refractivity contribution in [2.45, 2.75) is 19.4 Å². The number of benzene rings is 3. The van der Waals surface area contributed by atoms with Crippen molar-refractivity contribution in [3.63, 3.8) is 0 Å². The van der Waals surface area contributed by atoms with Crippen molar-refractivity contribution in [3.05, 3.63) is 96.2 Å². The molecule has 0 aliphatic heterocycles. The van der Waals surface area contributed by atoms with Gasteiger partial charge in [-0.2, -0.15) is 0 Å².